The van der Waals surface area contributed by atoms with Gasteiger partial charge in [-0.1, -0.05) is 0 Å². The molecule has 8 atom stereocenters. The maximum atomic E-state index is 11.8. The van der Waals surface area contributed by atoms with Gasteiger partial charge in [0.15, 0.2) is 0 Å². The molecule has 4 unspecified atom stereocenters. The minimum atomic E-state index is -0.0995. The molecule has 0 aromatic carbocycles. The standard InChI is InChI=1S/C20H26O4/c21-17-3-7-19(23-17)5-1-11-13-9-16-12(14(13)10-15(11)19)2-6-20(16)8-4-18(22)24-20/h11-16H,1-10H2/t11?,12?,13-,14-,15?,16?,19-,20-/m1/s1. The number of carbonyl (C=O) groups is 2. The average molecular weight is 330 g/mol. The normalized spacial score (nSPS) is 57.5. The lowest BCUT2D eigenvalue weighted by Crippen LogP contribution is -2.36. The van der Waals surface area contributed by atoms with Crippen molar-refractivity contribution in [3.8, 4) is 0 Å². The zero-order chi connectivity index (χ0) is 16.1. The number of ether oxygens (including phenoxy) is 2. The van der Waals surface area contributed by atoms with Crippen LogP contribution in [0.5, 0.6) is 0 Å². The number of hydrogen-bond acceptors (Lipinski definition) is 4. The molecule has 4 saturated carbocycles. The maximum absolute atomic E-state index is 11.8. The third-order valence-electron chi connectivity index (χ3n) is 9.03. The zero-order valence-electron chi connectivity index (χ0n) is 14.2. The van der Waals surface area contributed by atoms with E-state index < -0.39 is 0 Å². The van der Waals surface area contributed by atoms with Gasteiger partial charge in [0.05, 0.1) is 0 Å². The Morgan fingerprint density at radius 3 is 1.50 bits per heavy atom. The van der Waals surface area contributed by atoms with Crippen LogP contribution in [0.3, 0.4) is 0 Å². The topological polar surface area (TPSA) is 52.6 Å². The molecule has 0 amide bonds. The van der Waals surface area contributed by atoms with Crippen molar-refractivity contribution in [2.75, 3.05) is 0 Å². The van der Waals surface area contributed by atoms with E-state index in [2.05, 4.69) is 0 Å². The highest BCUT2D eigenvalue weighted by atomic mass is 16.6. The van der Waals surface area contributed by atoms with Crippen molar-refractivity contribution >= 4 is 11.9 Å². The first-order chi connectivity index (χ1) is 11.6. The highest BCUT2D eigenvalue weighted by Gasteiger charge is 2.68. The maximum Gasteiger partial charge on any atom is 0.306 e. The number of esters is 2. The van der Waals surface area contributed by atoms with Crippen LogP contribution < -0.4 is 0 Å². The third-order valence-corrected chi connectivity index (χ3v) is 9.03. The van der Waals surface area contributed by atoms with Crippen molar-refractivity contribution in [2.24, 2.45) is 35.5 Å². The van der Waals surface area contributed by atoms with E-state index >= 15 is 0 Å². The second-order valence-corrected chi connectivity index (χ2v) is 9.49. The van der Waals surface area contributed by atoms with E-state index in [9.17, 15) is 9.59 Å². The van der Waals surface area contributed by atoms with Gasteiger partial charge in [-0.15, -0.1) is 0 Å². The molecule has 2 spiro atoms. The number of rotatable bonds is 0. The van der Waals surface area contributed by atoms with Gasteiger partial charge in [-0.25, -0.2) is 0 Å². The Balaban J connectivity index is 1.28. The van der Waals surface area contributed by atoms with Crippen molar-refractivity contribution in [1.82, 2.24) is 0 Å². The predicted molar refractivity (Wildman–Crippen MR) is 84.8 cm³/mol. The Hall–Kier alpha value is -1.06. The molecular weight excluding hydrogens is 304 g/mol. The lowest BCUT2D eigenvalue weighted by atomic mass is 9.78. The molecule has 4 aliphatic carbocycles. The number of hydrogen-bond donors (Lipinski definition) is 0. The Labute approximate surface area is 142 Å². The highest BCUT2D eigenvalue weighted by Crippen LogP contribution is 2.69. The summed E-state index contributed by atoms with van der Waals surface area (Å²) >= 11 is 0. The summed E-state index contributed by atoms with van der Waals surface area (Å²) in [5, 5.41) is 0. The molecule has 6 aliphatic rings. The van der Waals surface area contributed by atoms with E-state index in [4.69, 9.17) is 9.47 Å². The van der Waals surface area contributed by atoms with Crippen molar-refractivity contribution in [3.05, 3.63) is 0 Å². The van der Waals surface area contributed by atoms with Crippen LogP contribution in [0.2, 0.25) is 0 Å². The molecule has 0 N–H and O–H groups in total. The van der Waals surface area contributed by atoms with Gasteiger partial charge in [-0.05, 0) is 75.0 Å². The summed E-state index contributed by atoms with van der Waals surface area (Å²) in [5.41, 5.74) is -0.199. The summed E-state index contributed by atoms with van der Waals surface area (Å²) in [6.07, 6.45) is 10.4. The van der Waals surface area contributed by atoms with Crippen molar-refractivity contribution < 1.29 is 19.1 Å². The Bertz CT molecular complexity index is 575. The van der Waals surface area contributed by atoms with E-state index in [0.29, 0.717) is 24.7 Å². The van der Waals surface area contributed by atoms with Gasteiger partial charge < -0.3 is 9.47 Å². The van der Waals surface area contributed by atoms with E-state index in [1.54, 1.807) is 0 Å². The quantitative estimate of drug-likeness (QED) is 0.640. The molecule has 2 saturated heterocycles. The highest BCUT2D eigenvalue weighted by molar-refractivity contribution is 5.73. The molecule has 0 aromatic rings. The van der Waals surface area contributed by atoms with Crippen LogP contribution in [0.1, 0.15) is 64.2 Å². The average Bonchev–Trinajstić information content (AvgIpc) is 3.31. The summed E-state index contributed by atoms with van der Waals surface area (Å²) < 4.78 is 11.8. The van der Waals surface area contributed by atoms with E-state index in [-0.39, 0.29) is 23.1 Å². The van der Waals surface area contributed by atoms with Gasteiger partial charge in [0.1, 0.15) is 11.2 Å². The van der Waals surface area contributed by atoms with Gasteiger partial charge in [0.2, 0.25) is 0 Å². The van der Waals surface area contributed by atoms with Crippen LogP contribution in [0, 0.1) is 35.5 Å². The largest absolute Gasteiger partial charge is 0.459 e. The first kappa shape index (κ1) is 14.1. The van der Waals surface area contributed by atoms with Crippen LogP contribution in [0.25, 0.3) is 0 Å². The Morgan fingerprint density at radius 2 is 1.12 bits per heavy atom. The third kappa shape index (κ3) is 1.56. The van der Waals surface area contributed by atoms with Gasteiger partial charge in [-0.3, -0.25) is 9.59 Å². The SMILES string of the molecule is O=C1CC[C@@]2(CCC3C2C[C@@H]2C4CC[C@@]5(CCC(=O)O5)C4C[C@H]32)O1. The first-order valence-electron chi connectivity index (χ1n) is 10.0. The Morgan fingerprint density at radius 1 is 0.667 bits per heavy atom. The predicted octanol–water partition coefficient (Wildman–Crippen LogP) is 3.23. The van der Waals surface area contributed by atoms with Gasteiger partial charge in [0, 0.05) is 24.7 Å². The minimum absolute atomic E-state index is 0.0308. The molecule has 0 radical (unpaired) electrons. The molecule has 6 rings (SSSR count). The molecule has 130 valence electrons. The van der Waals surface area contributed by atoms with Crippen molar-refractivity contribution in [1.29, 1.82) is 0 Å². The molecule has 24 heavy (non-hydrogen) atoms. The summed E-state index contributed by atoms with van der Waals surface area (Å²) in [7, 11) is 0. The minimum Gasteiger partial charge on any atom is -0.459 e. The van der Waals surface area contributed by atoms with Crippen molar-refractivity contribution in [2.45, 2.75) is 75.4 Å². The fourth-order valence-electron chi connectivity index (χ4n) is 8.26. The van der Waals surface area contributed by atoms with E-state index in [1.165, 1.54) is 25.7 Å². The van der Waals surface area contributed by atoms with Crippen LogP contribution in [0.4, 0.5) is 0 Å². The van der Waals surface area contributed by atoms with Gasteiger partial charge in [0.25, 0.3) is 0 Å². The Kier molecular flexibility index (Phi) is 2.57. The fraction of sp³-hybridized carbons (Fsp3) is 0.900. The molecular formula is C20H26O4. The van der Waals surface area contributed by atoms with E-state index in [1.807, 2.05) is 0 Å². The summed E-state index contributed by atoms with van der Waals surface area (Å²) in [5.74, 6) is 4.37. The van der Waals surface area contributed by atoms with Crippen LogP contribution >= 0.6 is 0 Å². The molecule has 6 fully saturated rings. The molecule has 4 heteroatoms. The monoisotopic (exact) mass is 330 g/mol. The smallest absolute Gasteiger partial charge is 0.306 e. The molecule has 0 bridgehead atoms. The molecule has 4 nitrogen and oxygen atoms in total. The second-order valence-electron chi connectivity index (χ2n) is 9.49. The number of carbonyl (C=O) groups excluding carboxylic acids is 2. The summed E-state index contributed by atoms with van der Waals surface area (Å²) in [6.45, 7) is 0. The van der Waals surface area contributed by atoms with Crippen molar-refractivity contribution in [3.63, 3.8) is 0 Å². The second kappa shape index (κ2) is 4.37. The van der Waals surface area contributed by atoms with Crippen LogP contribution in [0.15, 0.2) is 0 Å². The van der Waals surface area contributed by atoms with Gasteiger partial charge >= 0.3 is 11.9 Å². The van der Waals surface area contributed by atoms with Crippen LogP contribution in [-0.2, 0) is 19.1 Å². The fourth-order valence-corrected chi connectivity index (χ4v) is 8.26. The molecule has 2 heterocycles. The lowest BCUT2D eigenvalue weighted by molar-refractivity contribution is -0.151. The summed E-state index contributed by atoms with van der Waals surface area (Å²) in [6, 6.07) is 0. The lowest BCUT2D eigenvalue weighted by Gasteiger charge is -2.33. The molecule has 0 aromatic heterocycles. The molecule has 2 aliphatic heterocycles. The van der Waals surface area contributed by atoms with E-state index in [0.717, 1.165) is 49.4 Å². The zero-order valence-corrected chi connectivity index (χ0v) is 14.2. The summed E-state index contributed by atoms with van der Waals surface area (Å²) in [4.78, 5) is 23.5. The first-order valence-corrected chi connectivity index (χ1v) is 10.0. The van der Waals surface area contributed by atoms with Crippen LogP contribution in [-0.4, -0.2) is 23.1 Å². The number of fused-ring (bicyclic) bond motifs is 7. The van der Waals surface area contributed by atoms with Gasteiger partial charge in [-0.2, -0.15) is 0 Å².